The molecule has 0 bridgehead atoms. The lowest BCUT2D eigenvalue weighted by Gasteiger charge is -2.01. The molecule has 0 spiro atoms. The first-order valence-corrected chi connectivity index (χ1v) is 5.98. The fourth-order valence-electron chi connectivity index (χ4n) is 0.691. The van der Waals surface area contributed by atoms with Crippen molar-refractivity contribution in [2.45, 2.75) is 4.90 Å². The molecule has 0 aromatic heterocycles. The van der Waals surface area contributed by atoms with Gasteiger partial charge in [0.1, 0.15) is 10.7 Å². The second-order valence-corrected chi connectivity index (χ2v) is 5.48. The summed E-state index contributed by atoms with van der Waals surface area (Å²) in [7, 11) is 1.01. The van der Waals surface area contributed by atoms with E-state index in [0.717, 1.165) is 12.1 Å². The van der Waals surface area contributed by atoms with Gasteiger partial charge in [-0.25, -0.2) is 12.8 Å². The van der Waals surface area contributed by atoms with Crippen LogP contribution in [0.5, 0.6) is 0 Å². The largest absolute Gasteiger partial charge is 0.262 e. The summed E-state index contributed by atoms with van der Waals surface area (Å²) < 4.78 is 34.3. The third-order valence-electron chi connectivity index (χ3n) is 1.24. The molecule has 0 aliphatic heterocycles. The molecule has 7 heteroatoms. The molecule has 0 saturated heterocycles. The van der Waals surface area contributed by atoms with E-state index in [0.29, 0.717) is 0 Å². The Morgan fingerprint density at radius 1 is 1.15 bits per heavy atom. The van der Waals surface area contributed by atoms with Crippen molar-refractivity contribution in [2.24, 2.45) is 0 Å². The molecule has 0 saturated carbocycles. The molecule has 72 valence electrons. The van der Waals surface area contributed by atoms with E-state index in [-0.39, 0.29) is 10.0 Å². The van der Waals surface area contributed by atoms with Gasteiger partial charge in [0.15, 0.2) is 0 Å². The highest BCUT2D eigenvalue weighted by molar-refractivity contribution is 8.13. The Morgan fingerprint density at radius 3 is 2.15 bits per heavy atom. The molecule has 0 aliphatic rings. The highest BCUT2D eigenvalue weighted by atomic mass is 35.7. The third-order valence-corrected chi connectivity index (χ3v) is 3.31. The van der Waals surface area contributed by atoms with E-state index in [1.165, 1.54) is 0 Å². The highest BCUT2D eigenvalue weighted by Gasteiger charge is 2.17. The Bertz CT molecular complexity index is 443. The lowest BCUT2D eigenvalue weighted by atomic mass is 10.3. The van der Waals surface area contributed by atoms with Crippen molar-refractivity contribution < 1.29 is 12.8 Å². The number of hydrogen-bond donors (Lipinski definition) is 0. The van der Waals surface area contributed by atoms with Crippen molar-refractivity contribution in [1.29, 1.82) is 0 Å². The quantitative estimate of drug-likeness (QED) is 0.576. The van der Waals surface area contributed by atoms with Crippen molar-refractivity contribution in [1.82, 2.24) is 0 Å². The molecule has 0 fully saturated rings. The first-order valence-electron chi connectivity index (χ1n) is 2.91. The summed E-state index contributed by atoms with van der Waals surface area (Å²) in [4.78, 5) is -0.401. The SMILES string of the molecule is O=S(=O)(Cl)c1cc(Cl)c(F)cc1Cl. The van der Waals surface area contributed by atoms with Gasteiger partial charge in [-0.2, -0.15) is 0 Å². The molecule has 0 amide bonds. The maximum atomic E-state index is 12.7. The molecule has 0 atom stereocenters. The Hall–Kier alpha value is -0.0300. The van der Waals surface area contributed by atoms with E-state index in [1.807, 2.05) is 0 Å². The van der Waals surface area contributed by atoms with E-state index in [2.05, 4.69) is 0 Å². The first-order chi connectivity index (χ1) is 5.82. The van der Waals surface area contributed by atoms with Crippen LogP contribution in [0.25, 0.3) is 0 Å². The molecule has 0 N–H and O–H groups in total. The molecule has 2 nitrogen and oxygen atoms in total. The lowest BCUT2D eigenvalue weighted by molar-refractivity contribution is 0.607. The zero-order valence-corrected chi connectivity index (χ0v) is 8.98. The summed E-state index contributed by atoms with van der Waals surface area (Å²) >= 11 is 10.8. The molecule has 1 aromatic carbocycles. The molecule has 0 aliphatic carbocycles. The van der Waals surface area contributed by atoms with Gasteiger partial charge in [0, 0.05) is 10.7 Å². The summed E-state index contributed by atoms with van der Waals surface area (Å²) in [6.07, 6.45) is 0. The van der Waals surface area contributed by atoms with E-state index in [4.69, 9.17) is 33.9 Å². The van der Waals surface area contributed by atoms with Crippen LogP contribution in [0.1, 0.15) is 0 Å². The van der Waals surface area contributed by atoms with Crippen LogP contribution in [0.4, 0.5) is 4.39 Å². The van der Waals surface area contributed by atoms with Crippen LogP contribution in [0.3, 0.4) is 0 Å². The van der Waals surface area contributed by atoms with Gasteiger partial charge in [-0.05, 0) is 12.1 Å². The molecule has 0 unspecified atom stereocenters. The third kappa shape index (κ3) is 2.47. The summed E-state index contributed by atoms with van der Waals surface area (Å²) in [6.45, 7) is 0. The number of halogens is 4. The Kier molecular flexibility index (Phi) is 3.07. The van der Waals surface area contributed by atoms with Crippen molar-refractivity contribution in [2.75, 3.05) is 0 Å². The highest BCUT2D eigenvalue weighted by Crippen LogP contribution is 2.29. The molecule has 1 aromatic rings. The van der Waals surface area contributed by atoms with Gasteiger partial charge < -0.3 is 0 Å². The van der Waals surface area contributed by atoms with Crippen molar-refractivity contribution in [3.8, 4) is 0 Å². The molecular weight excluding hydrogens is 261 g/mol. The van der Waals surface area contributed by atoms with Crippen LogP contribution in [0, 0.1) is 5.82 Å². The van der Waals surface area contributed by atoms with Crippen molar-refractivity contribution >= 4 is 42.9 Å². The Labute approximate surface area is 88.6 Å². The van der Waals surface area contributed by atoms with Gasteiger partial charge in [0.25, 0.3) is 9.05 Å². The van der Waals surface area contributed by atoms with E-state index in [9.17, 15) is 12.8 Å². The summed E-state index contributed by atoms with van der Waals surface area (Å²) in [5.74, 6) is -0.796. The predicted octanol–water partition coefficient (Wildman–Crippen LogP) is 3.06. The second-order valence-electron chi connectivity index (χ2n) is 2.13. The monoisotopic (exact) mass is 262 g/mol. The first kappa shape index (κ1) is 11.0. The zero-order valence-electron chi connectivity index (χ0n) is 5.89. The standard InChI is InChI=1S/C6H2Cl3FO2S/c7-3-2-6(13(9,11)12)4(8)1-5(3)10/h1-2H. The van der Waals surface area contributed by atoms with E-state index < -0.39 is 19.8 Å². The van der Waals surface area contributed by atoms with Gasteiger partial charge >= 0.3 is 0 Å². The number of rotatable bonds is 1. The van der Waals surface area contributed by atoms with Crippen LogP contribution in [0.2, 0.25) is 10.0 Å². The average molecular weight is 264 g/mol. The minimum absolute atomic E-state index is 0.295. The molecule has 13 heavy (non-hydrogen) atoms. The molecule has 0 heterocycles. The van der Waals surface area contributed by atoms with Gasteiger partial charge in [0.2, 0.25) is 0 Å². The van der Waals surface area contributed by atoms with Crippen LogP contribution in [-0.2, 0) is 9.05 Å². The van der Waals surface area contributed by atoms with E-state index in [1.54, 1.807) is 0 Å². The van der Waals surface area contributed by atoms with Crippen molar-refractivity contribution in [3.05, 3.63) is 28.0 Å². The lowest BCUT2D eigenvalue weighted by Crippen LogP contribution is -1.93. The molecular formula is C6H2Cl3FO2S. The fraction of sp³-hybridized carbons (Fsp3) is 0. The van der Waals surface area contributed by atoms with Crippen LogP contribution >= 0.6 is 33.9 Å². The summed E-state index contributed by atoms with van der Waals surface area (Å²) in [5, 5.41) is -0.638. The molecule has 1 rings (SSSR count). The minimum Gasteiger partial charge on any atom is -0.207 e. The minimum atomic E-state index is -3.98. The smallest absolute Gasteiger partial charge is 0.207 e. The van der Waals surface area contributed by atoms with Gasteiger partial charge in [-0.1, -0.05) is 23.2 Å². The Morgan fingerprint density at radius 2 is 1.69 bits per heavy atom. The normalized spacial score (nSPS) is 11.7. The zero-order chi connectivity index (χ0) is 10.2. The van der Waals surface area contributed by atoms with E-state index >= 15 is 0 Å². The second kappa shape index (κ2) is 3.61. The fourth-order valence-corrected chi connectivity index (χ4v) is 2.43. The van der Waals surface area contributed by atoms with Crippen LogP contribution < -0.4 is 0 Å². The van der Waals surface area contributed by atoms with Crippen molar-refractivity contribution in [3.63, 3.8) is 0 Å². The van der Waals surface area contributed by atoms with Crippen LogP contribution in [-0.4, -0.2) is 8.42 Å². The average Bonchev–Trinajstić information content (AvgIpc) is 1.94. The molecule has 0 radical (unpaired) electrons. The Balaban J connectivity index is 3.50. The topological polar surface area (TPSA) is 34.1 Å². The predicted molar refractivity (Wildman–Crippen MR) is 49.5 cm³/mol. The van der Waals surface area contributed by atoms with Crippen LogP contribution in [0.15, 0.2) is 17.0 Å². The summed E-state index contributed by atoms with van der Waals surface area (Å²) in [6, 6.07) is 1.65. The number of hydrogen-bond acceptors (Lipinski definition) is 2. The maximum absolute atomic E-state index is 12.7. The van der Waals surface area contributed by atoms with Gasteiger partial charge in [0.05, 0.1) is 10.0 Å². The number of benzene rings is 1. The van der Waals surface area contributed by atoms with Gasteiger partial charge in [-0.15, -0.1) is 0 Å². The maximum Gasteiger partial charge on any atom is 0.262 e. The van der Waals surface area contributed by atoms with Gasteiger partial charge in [-0.3, -0.25) is 0 Å². The summed E-state index contributed by atoms with van der Waals surface area (Å²) in [5.41, 5.74) is 0.